The average molecular weight is 401 g/mol. The van der Waals surface area contributed by atoms with Gasteiger partial charge in [0.2, 0.25) is 11.8 Å². The molecule has 1 saturated carbocycles. The Hall–Kier alpha value is -2.24. The van der Waals surface area contributed by atoms with E-state index in [1.54, 1.807) is 7.11 Å². The van der Waals surface area contributed by atoms with Crippen LogP contribution in [0.4, 0.5) is 0 Å². The highest BCUT2D eigenvalue weighted by atomic mass is 16.5. The summed E-state index contributed by atoms with van der Waals surface area (Å²) in [6.07, 6.45) is 5.73. The number of carbonyl (C=O) groups is 2. The van der Waals surface area contributed by atoms with Crippen LogP contribution < -0.4 is 9.47 Å². The molecule has 2 heterocycles. The Bertz CT molecular complexity index is 759. The van der Waals surface area contributed by atoms with E-state index in [1.165, 1.54) is 12.8 Å². The molecule has 0 spiro atoms. The van der Waals surface area contributed by atoms with Crippen LogP contribution in [0.1, 0.15) is 57.1 Å². The molecule has 6 nitrogen and oxygen atoms in total. The van der Waals surface area contributed by atoms with Gasteiger partial charge in [-0.25, -0.2) is 0 Å². The summed E-state index contributed by atoms with van der Waals surface area (Å²) < 4.78 is 11.4. The molecule has 2 amide bonds. The summed E-state index contributed by atoms with van der Waals surface area (Å²) in [7, 11) is 1.64. The quantitative estimate of drug-likeness (QED) is 0.777. The predicted molar refractivity (Wildman–Crippen MR) is 110 cm³/mol. The minimum absolute atomic E-state index is 0.0549. The van der Waals surface area contributed by atoms with Crippen molar-refractivity contribution in [1.82, 2.24) is 9.80 Å². The summed E-state index contributed by atoms with van der Waals surface area (Å²) in [6.45, 7) is 4.31. The summed E-state index contributed by atoms with van der Waals surface area (Å²) in [6, 6.07) is 5.82. The van der Waals surface area contributed by atoms with Crippen molar-refractivity contribution in [3.8, 4) is 11.5 Å². The number of carbonyl (C=O) groups excluding carboxylic acids is 2. The number of fused-ring (bicyclic) bond motifs is 3. The van der Waals surface area contributed by atoms with Crippen molar-refractivity contribution in [1.29, 1.82) is 0 Å². The monoisotopic (exact) mass is 400 g/mol. The first-order valence-electron chi connectivity index (χ1n) is 11.0. The van der Waals surface area contributed by atoms with E-state index in [0.717, 1.165) is 29.9 Å². The molecule has 1 aromatic carbocycles. The number of nitrogens with zero attached hydrogens (tertiary/aromatic N) is 2. The molecule has 1 aromatic rings. The van der Waals surface area contributed by atoms with Gasteiger partial charge in [-0.2, -0.15) is 0 Å². The molecule has 1 saturated heterocycles. The van der Waals surface area contributed by atoms with Gasteiger partial charge in [0.1, 0.15) is 11.5 Å². The molecule has 3 aliphatic rings. The van der Waals surface area contributed by atoms with Crippen LogP contribution in [0.15, 0.2) is 18.2 Å². The lowest BCUT2D eigenvalue weighted by atomic mass is 9.86. The summed E-state index contributed by atoms with van der Waals surface area (Å²) >= 11 is 0. The Kier molecular flexibility index (Phi) is 5.97. The Morgan fingerprint density at radius 3 is 2.79 bits per heavy atom. The van der Waals surface area contributed by atoms with E-state index in [-0.39, 0.29) is 23.8 Å². The first-order chi connectivity index (χ1) is 14.1. The second-order valence-electron chi connectivity index (χ2n) is 8.54. The molecule has 1 aliphatic carbocycles. The van der Waals surface area contributed by atoms with E-state index in [4.69, 9.17) is 9.47 Å². The highest BCUT2D eigenvalue weighted by molar-refractivity contribution is 5.80. The first kappa shape index (κ1) is 20.0. The maximum Gasteiger partial charge on any atom is 0.224 e. The number of methoxy groups -OCH3 is 1. The Labute approximate surface area is 173 Å². The molecule has 0 radical (unpaired) electrons. The van der Waals surface area contributed by atoms with Crippen LogP contribution in [-0.4, -0.2) is 55.0 Å². The maximum atomic E-state index is 13.4. The third-order valence-electron chi connectivity index (χ3n) is 6.79. The molecule has 2 atom stereocenters. The van der Waals surface area contributed by atoms with Crippen molar-refractivity contribution in [2.75, 3.05) is 33.4 Å². The third-order valence-corrected chi connectivity index (χ3v) is 6.79. The van der Waals surface area contributed by atoms with Gasteiger partial charge in [-0.3, -0.25) is 9.59 Å². The number of rotatable bonds is 4. The van der Waals surface area contributed by atoms with Gasteiger partial charge in [0.15, 0.2) is 0 Å². The molecule has 0 aromatic heterocycles. The zero-order valence-corrected chi connectivity index (χ0v) is 17.6. The fourth-order valence-corrected chi connectivity index (χ4v) is 5.19. The lowest BCUT2D eigenvalue weighted by Gasteiger charge is -2.44. The minimum atomic E-state index is -0.0549. The highest BCUT2D eigenvalue weighted by Crippen LogP contribution is 2.43. The van der Waals surface area contributed by atoms with Crippen molar-refractivity contribution >= 4 is 11.8 Å². The van der Waals surface area contributed by atoms with Crippen LogP contribution in [0.25, 0.3) is 0 Å². The molecular formula is C23H32N2O4. The van der Waals surface area contributed by atoms with E-state index in [1.807, 2.05) is 34.9 Å². The smallest absolute Gasteiger partial charge is 0.224 e. The number of ether oxygens (including phenoxy) is 2. The largest absolute Gasteiger partial charge is 0.497 e. The zero-order valence-electron chi connectivity index (χ0n) is 17.6. The Morgan fingerprint density at radius 1 is 1.28 bits per heavy atom. The number of benzene rings is 1. The number of hydrogen-bond acceptors (Lipinski definition) is 4. The molecule has 158 valence electrons. The molecule has 0 N–H and O–H groups in total. The van der Waals surface area contributed by atoms with Crippen LogP contribution in [0, 0.1) is 11.8 Å². The lowest BCUT2D eigenvalue weighted by molar-refractivity contribution is -0.142. The highest BCUT2D eigenvalue weighted by Gasteiger charge is 2.41. The second kappa shape index (κ2) is 8.64. The summed E-state index contributed by atoms with van der Waals surface area (Å²) in [5.41, 5.74) is 1.03. The summed E-state index contributed by atoms with van der Waals surface area (Å²) in [5, 5.41) is 0. The van der Waals surface area contributed by atoms with Crippen molar-refractivity contribution in [2.45, 2.75) is 51.5 Å². The molecule has 2 fully saturated rings. The van der Waals surface area contributed by atoms with E-state index >= 15 is 0 Å². The van der Waals surface area contributed by atoms with Gasteiger partial charge >= 0.3 is 0 Å². The van der Waals surface area contributed by atoms with Crippen LogP contribution >= 0.6 is 0 Å². The Balaban J connectivity index is 1.67. The van der Waals surface area contributed by atoms with E-state index in [0.29, 0.717) is 45.0 Å². The van der Waals surface area contributed by atoms with E-state index < -0.39 is 0 Å². The molecular weight excluding hydrogens is 368 g/mol. The maximum absolute atomic E-state index is 13.4. The van der Waals surface area contributed by atoms with Crippen LogP contribution in [-0.2, 0) is 9.59 Å². The number of amides is 2. The summed E-state index contributed by atoms with van der Waals surface area (Å²) in [5.74, 6) is 2.43. The van der Waals surface area contributed by atoms with Crippen LogP contribution in [0.3, 0.4) is 0 Å². The van der Waals surface area contributed by atoms with Gasteiger partial charge in [-0.05, 0) is 37.8 Å². The molecule has 0 bridgehead atoms. The SMILES string of the molecule is CCN1C[C@H]2COc3cc(OC)ccc3[C@H]2N(C(=O)CC2CCCC2)CCC1=O. The van der Waals surface area contributed by atoms with Crippen LogP contribution in [0.5, 0.6) is 11.5 Å². The molecule has 4 rings (SSSR count). The second-order valence-corrected chi connectivity index (χ2v) is 8.54. The molecule has 0 unspecified atom stereocenters. The average Bonchev–Trinajstić information content (AvgIpc) is 3.23. The van der Waals surface area contributed by atoms with Crippen LogP contribution in [0.2, 0.25) is 0 Å². The minimum Gasteiger partial charge on any atom is -0.497 e. The first-order valence-corrected chi connectivity index (χ1v) is 11.0. The van der Waals surface area contributed by atoms with Crippen molar-refractivity contribution in [2.24, 2.45) is 11.8 Å². The molecule has 2 aliphatic heterocycles. The van der Waals surface area contributed by atoms with Crippen molar-refractivity contribution in [3.05, 3.63) is 23.8 Å². The molecule has 29 heavy (non-hydrogen) atoms. The zero-order chi connectivity index (χ0) is 20.4. The lowest BCUT2D eigenvalue weighted by Crippen LogP contribution is -2.51. The Morgan fingerprint density at radius 2 is 2.07 bits per heavy atom. The predicted octanol–water partition coefficient (Wildman–Crippen LogP) is 3.41. The normalized spacial score (nSPS) is 25.0. The standard InChI is InChI=1S/C23H32N2O4/c1-3-24-14-17-15-29-20-13-18(28-2)8-9-19(20)23(17)25(11-10-21(24)26)22(27)12-16-6-4-5-7-16/h8-9,13,16-17,23H,3-7,10-12,14-15H2,1-2H3/t17-,23-/m0/s1. The fraction of sp³-hybridized carbons (Fsp3) is 0.652. The van der Waals surface area contributed by atoms with Gasteiger partial charge < -0.3 is 19.3 Å². The molecule has 6 heteroatoms. The van der Waals surface area contributed by atoms with E-state index in [2.05, 4.69) is 0 Å². The fourth-order valence-electron chi connectivity index (χ4n) is 5.19. The van der Waals surface area contributed by atoms with Gasteiger partial charge in [-0.15, -0.1) is 0 Å². The van der Waals surface area contributed by atoms with Crippen molar-refractivity contribution < 1.29 is 19.1 Å². The van der Waals surface area contributed by atoms with Gasteiger partial charge in [0.25, 0.3) is 0 Å². The van der Waals surface area contributed by atoms with Gasteiger partial charge in [0.05, 0.1) is 19.8 Å². The third kappa shape index (κ3) is 4.07. The number of hydrogen-bond donors (Lipinski definition) is 0. The summed E-state index contributed by atoms with van der Waals surface area (Å²) in [4.78, 5) is 29.9. The van der Waals surface area contributed by atoms with Crippen molar-refractivity contribution in [3.63, 3.8) is 0 Å². The topological polar surface area (TPSA) is 59.1 Å². The van der Waals surface area contributed by atoms with Gasteiger partial charge in [0, 0.05) is 50.0 Å². The van der Waals surface area contributed by atoms with E-state index in [9.17, 15) is 9.59 Å². The van der Waals surface area contributed by atoms with Gasteiger partial charge in [-0.1, -0.05) is 12.8 Å².